The Morgan fingerprint density at radius 1 is 0.806 bits per heavy atom. The molecule has 4 heteroatoms. The molecule has 0 unspecified atom stereocenters. The molecule has 0 atom stereocenters. The molecular formula is C27H27FO2Si. The zero-order chi connectivity index (χ0) is 22.1. The lowest BCUT2D eigenvalue weighted by Gasteiger charge is -2.43. The van der Waals surface area contributed by atoms with Gasteiger partial charge in [0, 0.05) is 0 Å². The van der Waals surface area contributed by atoms with Gasteiger partial charge in [-0.2, -0.15) is 0 Å². The van der Waals surface area contributed by atoms with Crippen molar-refractivity contribution in [2.24, 2.45) is 0 Å². The summed E-state index contributed by atoms with van der Waals surface area (Å²) >= 11 is 0. The average molecular weight is 431 g/mol. The molecule has 158 valence electrons. The van der Waals surface area contributed by atoms with Crippen LogP contribution in [0.1, 0.15) is 26.3 Å². The molecule has 31 heavy (non-hydrogen) atoms. The summed E-state index contributed by atoms with van der Waals surface area (Å²) in [7, 11) is -2.91. The number of fused-ring (bicyclic) bond motifs is 1. The van der Waals surface area contributed by atoms with E-state index >= 15 is 4.39 Å². The molecule has 0 aromatic heterocycles. The van der Waals surface area contributed by atoms with Gasteiger partial charge in [-0.25, -0.2) is 4.39 Å². The molecule has 1 N–H and O–H groups in total. The summed E-state index contributed by atoms with van der Waals surface area (Å²) in [5.41, 5.74) is 0.700. The summed E-state index contributed by atoms with van der Waals surface area (Å²) < 4.78 is 22.1. The van der Waals surface area contributed by atoms with Crippen molar-refractivity contribution < 1.29 is 13.9 Å². The Balaban J connectivity index is 2.05. The summed E-state index contributed by atoms with van der Waals surface area (Å²) in [6.45, 7) is 6.43. The minimum absolute atomic E-state index is 0.135. The molecule has 0 aliphatic carbocycles. The van der Waals surface area contributed by atoms with Crippen LogP contribution in [0.4, 0.5) is 4.39 Å². The number of halogens is 1. The van der Waals surface area contributed by atoms with E-state index in [1.54, 1.807) is 12.1 Å². The van der Waals surface area contributed by atoms with Gasteiger partial charge in [-0.1, -0.05) is 93.6 Å². The van der Waals surface area contributed by atoms with E-state index in [-0.39, 0.29) is 17.5 Å². The van der Waals surface area contributed by atoms with Gasteiger partial charge in [-0.3, -0.25) is 0 Å². The molecule has 4 rings (SSSR count). The normalized spacial score (nSPS) is 12.2. The van der Waals surface area contributed by atoms with E-state index in [0.717, 1.165) is 15.8 Å². The topological polar surface area (TPSA) is 29.5 Å². The van der Waals surface area contributed by atoms with Crippen LogP contribution in [-0.2, 0) is 6.61 Å². The van der Waals surface area contributed by atoms with Crippen LogP contribution in [0.5, 0.6) is 5.75 Å². The lowest BCUT2D eigenvalue weighted by Crippen LogP contribution is -2.68. The summed E-state index contributed by atoms with van der Waals surface area (Å²) in [5, 5.41) is 13.0. The largest absolute Gasteiger partial charge is 0.533 e. The van der Waals surface area contributed by atoms with E-state index < -0.39 is 8.32 Å². The quantitative estimate of drug-likeness (QED) is 0.429. The second kappa shape index (κ2) is 8.29. The highest BCUT2D eigenvalue weighted by atomic mass is 28.4. The van der Waals surface area contributed by atoms with E-state index in [4.69, 9.17) is 4.43 Å². The van der Waals surface area contributed by atoms with Crippen molar-refractivity contribution in [3.63, 3.8) is 0 Å². The highest BCUT2D eigenvalue weighted by Crippen LogP contribution is 2.40. The predicted molar refractivity (Wildman–Crippen MR) is 128 cm³/mol. The van der Waals surface area contributed by atoms with Crippen molar-refractivity contribution in [3.8, 4) is 5.75 Å². The van der Waals surface area contributed by atoms with Crippen LogP contribution >= 0.6 is 0 Å². The fraction of sp³-hybridized carbons (Fsp3) is 0.185. The highest BCUT2D eigenvalue weighted by molar-refractivity contribution is 7.00. The van der Waals surface area contributed by atoms with Crippen molar-refractivity contribution in [1.82, 2.24) is 0 Å². The van der Waals surface area contributed by atoms with Gasteiger partial charge < -0.3 is 9.53 Å². The zero-order valence-corrected chi connectivity index (χ0v) is 19.1. The first-order valence-electron chi connectivity index (χ1n) is 10.5. The van der Waals surface area contributed by atoms with Crippen LogP contribution in [-0.4, -0.2) is 13.4 Å². The number of benzene rings is 4. The van der Waals surface area contributed by atoms with E-state index in [9.17, 15) is 5.11 Å². The van der Waals surface area contributed by atoms with E-state index in [0.29, 0.717) is 16.7 Å². The summed E-state index contributed by atoms with van der Waals surface area (Å²) in [6.07, 6.45) is 0. The molecule has 4 aromatic rings. The van der Waals surface area contributed by atoms with Crippen molar-refractivity contribution in [2.45, 2.75) is 32.4 Å². The minimum Gasteiger partial charge on any atom is -0.533 e. The smallest absolute Gasteiger partial charge is 0.319 e. The second-order valence-electron chi connectivity index (χ2n) is 8.86. The third-order valence-electron chi connectivity index (χ3n) is 5.81. The molecule has 0 spiro atoms. The molecule has 0 fully saturated rings. The molecule has 4 aromatic carbocycles. The van der Waals surface area contributed by atoms with E-state index in [1.807, 2.05) is 48.5 Å². The molecular weight excluding hydrogens is 403 g/mol. The number of rotatable bonds is 5. The average Bonchev–Trinajstić information content (AvgIpc) is 2.77. The maximum atomic E-state index is 15.0. The Morgan fingerprint density at radius 2 is 1.39 bits per heavy atom. The first-order valence-corrected chi connectivity index (χ1v) is 12.4. The number of aliphatic hydroxyl groups is 1. The van der Waals surface area contributed by atoms with Crippen molar-refractivity contribution in [2.75, 3.05) is 0 Å². The van der Waals surface area contributed by atoms with Gasteiger partial charge in [0.1, 0.15) is 11.6 Å². The van der Waals surface area contributed by atoms with Crippen molar-refractivity contribution in [1.29, 1.82) is 0 Å². The minimum atomic E-state index is -2.91. The van der Waals surface area contributed by atoms with Gasteiger partial charge in [0.05, 0.1) is 12.0 Å². The van der Waals surface area contributed by atoms with Gasteiger partial charge in [-0.15, -0.1) is 0 Å². The van der Waals surface area contributed by atoms with Gasteiger partial charge >= 0.3 is 8.32 Å². The Morgan fingerprint density at radius 3 is 1.90 bits per heavy atom. The second-order valence-corrected chi connectivity index (χ2v) is 13.1. The standard InChI is InChI=1S/C27H27FO2Si/c1-27(2,3)31(22-12-6-4-7-13-22,23-14-8-5-9-15-23)30-25-18-20(19-29)17-21-11-10-16-24(28)26(21)25/h4-18,29H,19H2,1-3H3. The van der Waals surface area contributed by atoms with Crippen LogP contribution in [0, 0.1) is 5.82 Å². The van der Waals surface area contributed by atoms with Crippen LogP contribution in [0.3, 0.4) is 0 Å². The number of aliphatic hydroxyl groups excluding tert-OH is 1. The van der Waals surface area contributed by atoms with Crippen molar-refractivity contribution >= 4 is 29.5 Å². The van der Waals surface area contributed by atoms with Gasteiger partial charge in [0.2, 0.25) is 0 Å². The van der Waals surface area contributed by atoms with Crippen LogP contribution in [0.2, 0.25) is 5.04 Å². The molecule has 0 bridgehead atoms. The fourth-order valence-corrected chi connectivity index (χ4v) is 8.81. The van der Waals surface area contributed by atoms with E-state index in [1.165, 1.54) is 6.07 Å². The first kappa shape index (κ1) is 21.3. The maximum absolute atomic E-state index is 15.0. The Bertz CT molecular complexity index is 1140. The third-order valence-corrected chi connectivity index (χ3v) is 10.7. The van der Waals surface area contributed by atoms with Crippen molar-refractivity contribution in [3.05, 3.63) is 102 Å². The molecule has 0 aliphatic heterocycles. The summed E-state index contributed by atoms with van der Waals surface area (Å²) in [6, 6.07) is 29.1. The Labute approximate surface area is 184 Å². The summed E-state index contributed by atoms with van der Waals surface area (Å²) in [5.74, 6) is 0.156. The van der Waals surface area contributed by atoms with Crippen LogP contribution in [0.25, 0.3) is 10.8 Å². The first-order chi connectivity index (χ1) is 14.9. The Kier molecular flexibility index (Phi) is 5.69. The maximum Gasteiger partial charge on any atom is 0.319 e. The summed E-state index contributed by atoms with van der Waals surface area (Å²) in [4.78, 5) is 0. The molecule has 0 amide bonds. The molecule has 2 nitrogen and oxygen atoms in total. The molecule has 0 heterocycles. The van der Waals surface area contributed by atoms with Gasteiger partial charge in [0.25, 0.3) is 0 Å². The SMILES string of the molecule is CC(C)(C)[Si](Oc1cc(CO)cc2cccc(F)c12)(c1ccccc1)c1ccccc1. The Hall–Kier alpha value is -2.95. The molecule has 0 aliphatic rings. The lowest BCUT2D eigenvalue weighted by molar-refractivity contribution is 0.281. The number of hydrogen-bond donors (Lipinski definition) is 1. The monoisotopic (exact) mass is 430 g/mol. The van der Waals surface area contributed by atoms with E-state index in [2.05, 4.69) is 45.0 Å². The van der Waals surface area contributed by atoms with Crippen LogP contribution in [0.15, 0.2) is 91.0 Å². The zero-order valence-electron chi connectivity index (χ0n) is 18.1. The molecule has 0 saturated heterocycles. The fourth-order valence-electron chi connectivity index (χ4n) is 4.39. The van der Waals surface area contributed by atoms with Gasteiger partial charge in [-0.05, 0) is 44.6 Å². The molecule has 0 radical (unpaired) electrons. The lowest BCUT2D eigenvalue weighted by atomic mass is 10.1. The third kappa shape index (κ3) is 3.77. The molecule has 0 saturated carbocycles. The predicted octanol–water partition coefficient (Wildman–Crippen LogP) is 5.41. The highest BCUT2D eigenvalue weighted by Gasteiger charge is 2.52. The van der Waals surface area contributed by atoms with Crippen LogP contribution < -0.4 is 14.8 Å². The number of hydrogen-bond acceptors (Lipinski definition) is 2. The van der Waals surface area contributed by atoms with Gasteiger partial charge in [0.15, 0.2) is 0 Å².